The summed E-state index contributed by atoms with van der Waals surface area (Å²) >= 11 is 0. The fraction of sp³-hybridized carbons (Fsp3) is 0.636. The van der Waals surface area contributed by atoms with Gasteiger partial charge in [-0.25, -0.2) is 0 Å². The zero-order chi connectivity index (χ0) is 17.7. The van der Waals surface area contributed by atoms with E-state index in [4.69, 9.17) is 0 Å². The van der Waals surface area contributed by atoms with Gasteiger partial charge in [0.15, 0.2) is 6.10 Å². The van der Waals surface area contributed by atoms with Gasteiger partial charge in [-0.2, -0.15) is 0 Å². The van der Waals surface area contributed by atoms with Crippen molar-refractivity contribution < 1.29 is 14.9 Å². The van der Waals surface area contributed by atoms with E-state index in [9.17, 15) is 5.11 Å². The van der Waals surface area contributed by atoms with Crippen molar-refractivity contribution in [2.75, 3.05) is 32.7 Å². The molecule has 2 aliphatic heterocycles. The Kier molecular flexibility index (Phi) is 4.30. The third-order valence-corrected chi connectivity index (χ3v) is 7.10. The SMILES string of the molecule is Cc1ccc2c(c1)c1c3n2CC[NH+](CC(O)C[NH+]2CCCC2)C3CCC1. The van der Waals surface area contributed by atoms with E-state index in [-0.39, 0.29) is 6.10 Å². The molecule has 0 saturated carbocycles. The molecule has 1 aromatic heterocycles. The summed E-state index contributed by atoms with van der Waals surface area (Å²) in [6.45, 7) is 8.85. The van der Waals surface area contributed by atoms with E-state index in [1.165, 1.54) is 61.7 Å². The van der Waals surface area contributed by atoms with E-state index in [0.29, 0.717) is 6.04 Å². The Morgan fingerprint density at radius 1 is 1.15 bits per heavy atom. The number of benzene rings is 1. The van der Waals surface area contributed by atoms with Crippen LogP contribution in [0.15, 0.2) is 18.2 Å². The largest absolute Gasteiger partial charge is 0.382 e. The molecule has 26 heavy (non-hydrogen) atoms. The van der Waals surface area contributed by atoms with Crippen molar-refractivity contribution in [2.45, 2.75) is 57.7 Å². The molecular weight excluding hydrogens is 322 g/mol. The number of hydrogen-bond donors (Lipinski definition) is 3. The number of rotatable bonds is 4. The quantitative estimate of drug-likeness (QED) is 0.723. The maximum Gasteiger partial charge on any atom is 0.152 e. The number of aliphatic hydroxyl groups is 1. The number of likely N-dealkylation sites (tertiary alicyclic amines) is 1. The van der Waals surface area contributed by atoms with Crippen molar-refractivity contribution in [3.8, 4) is 0 Å². The summed E-state index contributed by atoms with van der Waals surface area (Å²) in [7, 11) is 0. The maximum absolute atomic E-state index is 10.7. The zero-order valence-corrected chi connectivity index (χ0v) is 16.1. The smallest absolute Gasteiger partial charge is 0.152 e. The normalized spacial score (nSPS) is 27.0. The number of quaternary nitrogens is 2. The minimum absolute atomic E-state index is 0.151. The molecule has 0 amide bonds. The van der Waals surface area contributed by atoms with Crippen molar-refractivity contribution >= 4 is 10.9 Å². The first kappa shape index (κ1) is 16.8. The van der Waals surface area contributed by atoms with Crippen LogP contribution in [0, 0.1) is 6.92 Å². The number of aromatic nitrogens is 1. The summed E-state index contributed by atoms with van der Waals surface area (Å²) < 4.78 is 2.61. The Balaban J connectivity index is 1.42. The predicted octanol–water partition coefficient (Wildman–Crippen LogP) is 0.265. The Hall–Kier alpha value is -1.36. The Bertz CT molecular complexity index is 805. The molecular formula is C22H33N3O+2. The van der Waals surface area contributed by atoms with Gasteiger partial charge < -0.3 is 19.5 Å². The summed E-state index contributed by atoms with van der Waals surface area (Å²) in [5.41, 5.74) is 6.01. The number of nitrogens with one attached hydrogen (secondary N) is 2. The molecule has 0 spiro atoms. The topological polar surface area (TPSA) is 34.0 Å². The minimum atomic E-state index is -0.151. The fourth-order valence-corrected chi connectivity index (χ4v) is 5.94. The van der Waals surface area contributed by atoms with Crippen LogP contribution in [0.1, 0.15) is 48.5 Å². The van der Waals surface area contributed by atoms with E-state index in [2.05, 4.69) is 29.7 Å². The van der Waals surface area contributed by atoms with Gasteiger partial charge in [-0.05, 0) is 37.5 Å². The monoisotopic (exact) mass is 355 g/mol. The highest BCUT2D eigenvalue weighted by Crippen LogP contribution is 2.37. The Morgan fingerprint density at radius 2 is 2.00 bits per heavy atom. The van der Waals surface area contributed by atoms with E-state index in [1.807, 2.05) is 0 Å². The van der Waals surface area contributed by atoms with Gasteiger partial charge in [-0.15, -0.1) is 0 Å². The average Bonchev–Trinajstić information content (AvgIpc) is 3.25. The predicted molar refractivity (Wildman–Crippen MR) is 104 cm³/mol. The van der Waals surface area contributed by atoms with Gasteiger partial charge in [0.1, 0.15) is 19.1 Å². The van der Waals surface area contributed by atoms with E-state index >= 15 is 0 Å². The third-order valence-electron chi connectivity index (χ3n) is 7.10. The summed E-state index contributed by atoms with van der Waals surface area (Å²) in [5.74, 6) is 0. The van der Waals surface area contributed by atoms with Crippen LogP contribution < -0.4 is 9.80 Å². The molecule has 1 aliphatic carbocycles. The first-order valence-electron chi connectivity index (χ1n) is 10.7. The molecule has 1 fully saturated rings. The van der Waals surface area contributed by atoms with Crippen LogP contribution in [0.5, 0.6) is 0 Å². The van der Waals surface area contributed by atoms with Crippen LogP contribution in [-0.2, 0) is 13.0 Å². The summed E-state index contributed by atoms with van der Waals surface area (Å²) in [4.78, 5) is 3.24. The van der Waals surface area contributed by atoms with E-state index < -0.39 is 0 Å². The number of aryl methyl sites for hydroxylation is 2. The Morgan fingerprint density at radius 3 is 2.85 bits per heavy atom. The van der Waals surface area contributed by atoms with Crippen molar-refractivity contribution in [3.05, 3.63) is 35.0 Å². The highest BCUT2D eigenvalue weighted by Gasteiger charge is 2.38. The van der Waals surface area contributed by atoms with Crippen molar-refractivity contribution in [3.63, 3.8) is 0 Å². The molecule has 3 aliphatic rings. The van der Waals surface area contributed by atoms with Crippen molar-refractivity contribution in [1.82, 2.24) is 4.57 Å². The van der Waals surface area contributed by atoms with Crippen LogP contribution in [0.25, 0.3) is 10.9 Å². The molecule has 0 radical (unpaired) electrons. The Labute approximate surface area is 156 Å². The second-order valence-electron chi connectivity index (χ2n) is 8.91. The molecule has 0 bridgehead atoms. The van der Waals surface area contributed by atoms with Gasteiger partial charge in [-0.1, -0.05) is 11.6 Å². The van der Waals surface area contributed by atoms with Gasteiger partial charge in [-0.3, -0.25) is 0 Å². The van der Waals surface area contributed by atoms with E-state index in [1.54, 1.807) is 21.1 Å². The lowest BCUT2D eigenvalue weighted by Crippen LogP contribution is -3.17. The van der Waals surface area contributed by atoms with Gasteiger partial charge in [0.2, 0.25) is 0 Å². The van der Waals surface area contributed by atoms with E-state index in [0.717, 1.165) is 26.2 Å². The van der Waals surface area contributed by atoms with Crippen LogP contribution in [-0.4, -0.2) is 48.5 Å². The first-order valence-corrected chi connectivity index (χ1v) is 10.7. The molecule has 1 aromatic carbocycles. The van der Waals surface area contributed by atoms with Crippen LogP contribution in [0.3, 0.4) is 0 Å². The van der Waals surface area contributed by atoms with Gasteiger partial charge in [0.25, 0.3) is 0 Å². The molecule has 3 atom stereocenters. The number of aliphatic hydroxyl groups excluding tert-OH is 1. The highest BCUT2D eigenvalue weighted by atomic mass is 16.3. The van der Waals surface area contributed by atoms with Crippen LogP contribution >= 0.6 is 0 Å². The molecule has 1 saturated heterocycles. The van der Waals surface area contributed by atoms with Crippen molar-refractivity contribution in [1.29, 1.82) is 0 Å². The zero-order valence-electron chi connectivity index (χ0n) is 16.1. The lowest BCUT2D eigenvalue weighted by atomic mass is 9.89. The van der Waals surface area contributed by atoms with Gasteiger partial charge >= 0.3 is 0 Å². The number of fused-ring (bicyclic) bond motifs is 3. The first-order chi connectivity index (χ1) is 12.7. The molecule has 2 aromatic rings. The average molecular weight is 356 g/mol. The van der Waals surface area contributed by atoms with Crippen LogP contribution in [0.2, 0.25) is 0 Å². The maximum atomic E-state index is 10.7. The molecule has 3 heterocycles. The minimum Gasteiger partial charge on any atom is -0.382 e. The highest BCUT2D eigenvalue weighted by molar-refractivity contribution is 5.86. The third kappa shape index (κ3) is 2.79. The van der Waals surface area contributed by atoms with Gasteiger partial charge in [0, 0.05) is 30.2 Å². The lowest BCUT2D eigenvalue weighted by Gasteiger charge is -2.38. The van der Waals surface area contributed by atoms with Crippen molar-refractivity contribution in [2.24, 2.45) is 0 Å². The second-order valence-corrected chi connectivity index (χ2v) is 8.91. The molecule has 4 heteroatoms. The number of hydrogen-bond acceptors (Lipinski definition) is 1. The summed E-state index contributed by atoms with van der Waals surface area (Å²) in [5, 5.41) is 12.2. The summed E-state index contributed by atoms with van der Waals surface area (Å²) in [6.07, 6.45) is 6.32. The molecule has 140 valence electrons. The fourth-order valence-electron chi connectivity index (χ4n) is 5.94. The van der Waals surface area contributed by atoms with Crippen LogP contribution in [0.4, 0.5) is 0 Å². The number of nitrogens with zero attached hydrogens (tertiary/aromatic N) is 1. The molecule has 3 N–H and O–H groups in total. The lowest BCUT2D eigenvalue weighted by molar-refractivity contribution is -0.947. The summed E-state index contributed by atoms with van der Waals surface area (Å²) in [6, 6.07) is 7.57. The molecule has 4 nitrogen and oxygen atoms in total. The molecule has 3 unspecified atom stereocenters. The standard InChI is InChI=1S/C22H31N3O/c1-16-7-8-20-19(13-16)18-5-4-6-21-22(18)25(20)12-11-24(21)15-17(26)14-23-9-2-3-10-23/h7-8,13,17,21,26H,2-6,9-12,14-15H2,1H3/p+2. The van der Waals surface area contributed by atoms with Gasteiger partial charge in [0.05, 0.1) is 31.9 Å². The molecule has 5 rings (SSSR count). The second kappa shape index (κ2) is 6.66.